The van der Waals surface area contributed by atoms with Gasteiger partial charge in [0.2, 0.25) is 5.75 Å². The molecule has 1 amide bonds. The number of rotatable bonds is 10. The van der Waals surface area contributed by atoms with Gasteiger partial charge in [-0.25, -0.2) is 0 Å². The van der Waals surface area contributed by atoms with Crippen LogP contribution in [0.5, 0.6) is 17.2 Å². The van der Waals surface area contributed by atoms with Crippen molar-refractivity contribution in [1.29, 1.82) is 10.5 Å². The maximum absolute atomic E-state index is 12.9. The number of benzene rings is 2. The van der Waals surface area contributed by atoms with Crippen LogP contribution >= 0.6 is 0 Å². The Morgan fingerprint density at radius 1 is 0.966 bits per heavy atom. The molecule has 7 nitrogen and oxygen atoms in total. The highest BCUT2D eigenvalue weighted by Crippen LogP contribution is 2.39. The number of nitrogens with zero attached hydrogens (tertiary/aromatic N) is 3. The second-order valence-electron chi connectivity index (χ2n) is 6.09. The first-order valence-corrected chi connectivity index (χ1v) is 9.10. The maximum atomic E-state index is 12.9. The molecule has 0 saturated heterocycles. The quantitative estimate of drug-likeness (QED) is 0.612. The summed E-state index contributed by atoms with van der Waals surface area (Å²) in [5.41, 5.74) is 1.32. The lowest BCUT2D eigenvalue weighted by Gasteiger charge is -2.22. The van der Waals surface area contributed by atoms with Gasteiger partial charge in [-0.1, -0.05) is 30.3 Å². The van der Waals surface area contributed by atoms with Crippen molar-refractivity contribution in [2.75, 3.05) is 27.3 Å². The van der Waals surface area contributed by atoms with Gasteiger partial charge >= 0.3 is 0 Å². The Balaban J connectivity index is 2.30. The predicted molar refractivity (Wildman–Crippen MR) is 107 cm³/mol. The molecule has 0 aromatic heterocycles. The Hall–Kier alpha value is -3.71. The summed E-state index contributed by atoms with van der Waals surface area (Å²) in [5, 5.41) is 17.7. The minimum Gasteiger partial charge on any atom is -0.493 e. The van der Waals surface area contributed by atoms with Gasteiger partial charge in [-0.15, -0.1) is 0 Å². The average molecular weight is 393 g/mol. The van der Waals surface area contributed by atoms with Crippen molar-refractivity contribution in [1.82, 2.24) is 4.90 Å². The number of hydrogen-bond acceptors (Lipinski definition) is 6. The van der Waals surface area contributed by atoms with Gasteiger partial charge in [0.05, 0.1) is 39.2 Å². The van der Waals surface area contributed by atoms with Crippen LogP contribution in [0.2, 0.25) is 0 Å². The molecule has 0 bridgehead atoms. The average Bonchev–Trinajstić information content (AvgIpc) is 2.77. The Kier molecular flexibility index (Phi) is 8.34. The monoisotopic (exact) mass is 393 g/mol. The van der Waals surface area contributed by atoms with E-state index in [1.807, 2.05) is 42.5 Å². The molecule has 2 aromatic rings. The van der Waals surface area contributed by atoms with Crippen LogP contribution in [0, 0.1) is 22.7 Å². The second-order valence-corrected chi connectivity index (χ2v) is 6.09. The molecule has 2 rings (SSSR count). The summed E-state index contributed by atoms with van der Waals surface area (Å²) in [4.78, 5) is 14.4. The Morgan fingerprint density at radius 3 is 2.00 bits per heavy atom. The van der Waals surface area contributed by atoms with Gasteiger partial charge in [0, 0.05) is 18.7 Å². The maximum Gasteiger partial charge on any atom is 0.254 e. The molecule has 0 radical (unpaired) electrons. The van der Waals surface area contributed by atoms with E-state index in [2.05, 4.69) is 0 Å². The molecule has 0 saturated carbocycles. The van der Waals surface area contributed by atoms with Gasteiger partial charge in [0.1, 0.15) is 6.61 Å². The minimum absolute atomic E-state index is 0.184. The molecule has 29 heavy (non-hydrogen) atoms. The molecule has 0 aliphatic heterocycles. The fourth-order valence-corrected chi connectivity index (χ4v) is 2.74. The molecular formula is C22H23N3O4. The molecule has 0 atom stereocenters. The van der Waals surface area contributed by atoms with E-state index in [1.165, 1.54) is 19.1 Å². The summed E-state index contributed by atoms with van der Waals surface area (Å²) in [6.07, 6.45) is 0.368. The van der Waals surface area contributed by atoms with Crippen LogP contribution in [0.3, 0.4) is 0 Å². The normalized spacial score (nSPS) is 9.79. The zero-order valence-corrected chi connectivity index (χ0v) is 16.6. The van der Waals surface area contributed by atoms with Crippen LogP contribution in [0.25, 0.3) is 0 Å². The van der Waals surface area contributed by atoms with E-state index in [0.717, 1.165) is 5.56 Å². The van der Waals surface area contributed by atoms with Crippen molar-refractivity contribution in [2.45, 2.75) is 19.4 Å². The van der Waals surface area contributed by atoms with E-state index in [0.29, 0.717) is 29.4 Å². The van der Waals surface area contributed by atoms with Crippen LogP contribution in [-0.2, 0) is 6.61 Å². The van der Waals surface area contributed by atoms with Crippen molar-refractivity contribution >= 4 is 5.91 Å². The SMILES string of the molecule is COc1cc(C(=O)N(CCC#N)CCC#N)cc(OC)c1OCc1ccccc1. The third kappa shape index (κ3) is 5.88. The molecular weight excluding hydrogens is 370 g/mol. The van der Waals surface area contributed by atoms with Crippen LogP contribution < -0.4 is 14.2 Å². The molecule has 0 N–H and O–H groups in total. The third-order valence-corrected chi connectivity index (χ3v) is 4.21. The minimum atomic E-state index is -0.304. The Labute approximate surface area is 170 Å². The summed E-state index contributed by atoms with van der Waals surface area (Å²) in [6, 6.07) is 16.9. The van der Waals surface area contributed by atoms with Crippen molar-refractivity contribution in [2.24, 2.45) is 0 Å². The van der Waals surface area contributed by atoms with Crippen molar-refractivity contribution in [3.8, 4) is 29.4 Å². The molecule has 0 spiro atoms. The number of hydrogen-bond donors (Lipinski definition) is 0. The lowest BCUT2D eigenvalue weighted by Crippen LogP contribution is -2.32. The van der Waals surface area contributed by atoms with Gasteiger partial charge in [-0.05, 0) is 17.7 Å². The number of methoxy groups -OCH3 is 2. The molecule has 0 unspecified atom stereocenters. The smallest absolute Gasteiger partial charge is 0.254 e. The van der Waals surface area contributed by atoms with E-state index in [-0.39, 0.29) is 31.8 Å². The molecule has 0 heterocycles. The number of carbonyl (C=O) groups excluding carboxylic acids is 1. The zero-order valence-electron chi connectivity index (χ0n) is 16.6. The van der Waals surface area contributed by atoms with Crippen LogP contribution in [0.15, 0.2) is 42.5 Å². The lowest BCUT2D eigenvalue weighted by atomic mass is 10.1. The number of amides is 1. The van der Waals surface area contributed by atoms with Crippen LogP contribution in [0.4, 0.5) is 0 Å². The van der Waals surface area contributed by atoms with E-state index in [1.54, 1.807) is 12.1 Å². The van der Waals surface area contributed by atoms with E-state index < -0.39 is 0 Å². The summed E-state index contributed by atoms with van der Waals surface area (Å²) in [6.45, 7) is 0.805. The van der Waals surface area contributed by atoms with Crippen LogP contribution in [-0.4, -0.2) is 38.1 Å². The summed E-state index contributed by atoms with van der Waals surface area (Å²) < 4.78 is 16.8. The molecule has 7 heteroatoms. The molecule has 150 valence electrons. The van der Waals surface area contributed by atoms with Crippen molar-refractivity contribution in [3.05, 3.63) is 53.6 Å². The Bertz CT molecular complexity index is 858. The molecule has 0 fully saturated rings. The van der Waals surface area contributed by atoms with Gasteiger partial charge in [0.15, 0.2) is 11.5 Å². The van der Waals surface area contributed by atoms with Gasteiger partial charge in [-0.3, -0.25) is 4.79 Å². The number of nitriles is 2. The Morgan fingerprint density at radius 2 is 1.52 bits per heavy atom. The van der Waals surface area contributed by atoms with Gasteiger partial charge in [0.25, 0.3) is 5.91 Å². The highest BCUT2D eigenvalue weighted by atomic mass is 16.5. The summed E-state index contributed by atoms with van der Waals surface area (Å²) in [5.74, 6) is 0.825. The fraction of sp³-hybridized carbons (Fsp3) is 0.318. The summed E-state index contributed by atoms with van der Waals surface area (Å²) in [7, 11) is 2.98. The van der Waals surface area contributed by atoms with Gasteiger partial charge < -0.3 is 19.1 Å². The zero-order chi connectivity index (χ0) is 21.1. The third-order valence-electron chi connectivity index (χ3n) is 4.21. The number of ether oxygens (including phenoxy) is 3. The van der Waals surface area contributed by atoms with Crippen molar-refractivity contribution < 1.29 is 19.0 Å². The van der Waals surface area contributed by atoms with Gasteiger partial charge in [-0.2, -0.15) is 10.5 Å². The highest BCUT2D eigenvalue weighted by molar-refractivity contribution is 5.95. The molecule has 0 aliphatic carbocycles. The lowest BCUT2D eigenvalue weighted by molar-refractivity contribution is 0.0761. The van der Waals surface area contributed by atoms with Crippen molar-refractivity contribution in [3.63, 3.8) is 0 Å². The first-order valence-electron chi connectivity index (χ1n) is 9.10. The first-order chi connectivity index (χ1) is 14.1. The largest absolute Gasteiger partial charge is 0.493 e. The topological polar surface area (TPSA) is 95.6 Å². The van der Waals surface area contributed by atoms with E-state index in [9.17, 15) is 4.79 Å². The fourth-order valence-electron chi connectivity index (χ4n) is 2.74. The van der Waals surface area contributed by atoms with E-state index in [4.69, 9.17) is 24.7 Å². The second kappa shape index (κ2) is 11.2. The van der Waals surface area contributed by atoms with Crippen LogP contribution in [0.1, 0.15) is 28.8 Å². The number of carbonyl (C=O) groups is 1. The highest BCUT2D eigenvalue weighted by Gasteiger charge is 2.21. The molecule has 2 aromatic carbocycles. The predicted octanol–water partition coefficient (Wildman–Crippen LogP) is 3.55. The standard InChI is InChI=1S/C22H23N3O4/c1-27-19-14-18(22(26)25(12-6-10-23)13-7-11-24)15-20(28-2)21(19)29-16-17-8-4-3-5-9-17/h3-5,8-9,14-15H,6-7,12-13,16H2,1-2H3. The summed E-state index contributed by atoms with van der Waals surface area (Å²) >= 11 is 0. The molecule has 0 aliphatic rings. The van der Waals surface area contributed by atoms with E-state index >= 15 is 0 Å². The first kappa shape index (κ1) is 21.6.